The highest BCUT2D eigenvalue weighted by molar-refractivity contribution is 7.89. The predicted molar refractivity (Wildman–Crippen MR) is 108 cm³/mol. The van der Waals surface area contributed by atoms with Crippen LogP contribution in [0.25, 0.3) is 0 Å². The smallest absolute Gasteiger partial charge is 0.251 e. The number of carbonyl (C=O) groups is 1. The molecule has 0 spiro atoms. The van der Waals surface area contributed by atoms with Crippen molar-refractivity contribution in [3.05, 3.63) is 59.7 Å². The first kappa shape index (κ1) is 20.4. The normalized spacial score (nSPS) is 17.9. The van der Waals surface area contributed by atoms with Crippen LogP contribution in [-0.4, -0.2) is 38.3 Å². The number of methoxy groups -OCH3 is 1. The summed E-state index contributed by atoms with van der Waals surface area (Å²) in [6.45, 7) is 2.81. The summed E-state index contributed by atoms with van der Waals surface area (Å²) in [6, 6.07) is 13.6. The molecule has 1 saturated heterocycles. The zero-order valence-corrected chi connectivity index (χ0v) is 17.0. The fourth-order valence-electron chi connectivity index (χ4n) is 3.39. The number of nitrogens with zero attached hydrogens (tertiary/aromatic N) is 1. The number of piperidine rings is 1. The van der Waals surface area contributed by atoms with E-state index in [4.69, 9.17) is 4.74 Å². The quantitative estimate of drug-likeness (QED) is 0.805. The van der Waals surface area contributed by atoms with Crippen LogP contribution in [0.1, 0.15) is 42.1 Å². The van der Waals surface area contributed by atoms with E-state index in [9.17, 15) is 13.2 Å². The number of sulfonamides is 1. The molecule has 2 aromatic carbocycles. The van der Waals surface area contributed by atoms with Crippen LogP contribution < -0.4 is 10.1 Å². The minimum Gasteiger partial charge on any atom is -0.497 e. The van der Waals surface area contributed by atoms with Gasteiger partial charge < -0.3 is 10.1 Å². The Morgan fingerprint density at radius 2 is 1.93 bits per heavy atom. The molecular formula is C21H26N2O4S. The number of hydrogen-bond donors (Lipinski definition) is 1. The Kier molecular flexibility index (Phi) is 6.36. The molecule has 1 aliphatic rings. The molecule has 150 valence electrons. The first-order valence-corrected chi connectivity index (χ1v) is 10.9. The molecule has 1 unspecified atom stereocenters. The van der Waals surface area contributed by atoms with Crippen LogP contribution in [0.4, 0.5) is 0 Å². The first-order valence-electron chi connectivity index (χ1n) is 9.45. The van der Waals surface area contributed by atoms with E-state index in [0.717, 1.165) is 30.6 Å². The van der Waals surface area contributed by atoms with Crippen LogP contribution >= 0.6 is 0 Å². The van der Waals surface area contributed by atoms with Crippen molar-refractivity contribution in [1.82, 2.24) is 9.62 Å². The van der Waals surface area contributed by atoms with E-state index < -0.39 is 10.0 Å². The summed E-state index contributed by atoms with van der Waals surface area (Å²) in [6.07, 6.45) is 2.77. The average Bonchev–Trinajstić information content (AvgIpc) is 2.72. The highest BCUT2D eigenvalue weighted by Gasteiger charge is 2.31. The zero-order valence-electron chi connectivity index (χ0n) is 16.2. The minimum atomic E-state index is -3.60. The van der Waals surface area contributed by atoms with Crippen LogP contribution in [0.3, 0.4) is 0 Å². The largest absolute Gasteiger partial charge is 0.497 e. The number of rotatable bonds is 6. The number of amides is 1. The molecular weight excluding hydrogens is 376 g/mol. The Balaban J connectivity index is 1.72. The summed E-state index contributed by atoms with van der Waals surface area (Å²) >= 11 is 0. The average molecular weight is 403 g/mol. The number of hydrogen-bond acceptors (Lipinski definition) is 4. The number of nitrogens with one attached hydrogen (secondary N) is 1. The Labute approximate surface area is 166 Å². The second-order valence-electron chi connectivity index (χ2n) is 7.02. The molecule has 28 heavy (non-hydrogen) atoms. The Hall–Kier alpha value is -2.38. The fraction of sp³-hybridized carbons (Fsp3) is 0.381. The molecule has 7 heteroatoms. The third-order valence-corrected chi connectivity index (χ3v) is 7.07. The summed E-state index contributed by atoms with van der Waals surface area (Å²) < 4.78 is 32.7. The molecule has 1 fully saturated rings. The van der Waals surface area contributed by atoms with E-state index in [1.807, 2.05) is 31.2 Å². The van der Waals surface area contributed by atoms with Gasteiger partial charge in [0, 0.05) is 24.7 Å². The second-order valence-corrected chi connectivity index (χ2v) is 8.91. The summed E-state index contributed by atoms with van der Waals surface area (Å²) in [5.41, 5.74) is 1.26. The maximum atomic E-state index is 13.0. The molecule has 0 saturated carbocycles. The number of ether oxygens (including phenoxy) is 1. The summed E-state index contributed by atoms with van der Waals surface area (Å²) in [5, 5.41) is 2.83. The second kappa shape index (κ2) is 8.75. The van der Waals surface area contributed by atoms with E-state index in [-0.39, 0.29) is 16.8 Å². The van der Waals surface area contributed by atoms with Gasteiger partial charge in [-0.15, -0.1) is 0 Å². The molecule has 1 aliphatic heterocycles. The maximum absolute atomic E-state index is 13.0. The Morgan fingerprint density at radius 3 is 2.61 bits per heavy atom. The van der Waals surface area contributed by atoms with Gasteiger partial charge in [0.15, 0.2) is 0 Å². The minimum absolute atomic E-state index is 0.0219. The summed E-state index contributed by atoms with van der Waals surface area (Å²) in [5.74, 6) is 0.444. The van der Waals surface area contributed by atoms with Crippen LogP contribution in [0, 0.1) is 0 Å². The molecule has 1 amide bonds. The van der Waals surface area contributed by atoms with Crippen LogP contribution in [0.5, 0.6) is 5.75 Å². The van der Waals surface area contributed by atoms with Crippen LogP contribution in [-0.2, 0) is 16.6 Å². The topological polar surface area (TPSA) is 75.7 Å². The molecule has 1 heterocycles. The van der Waals surface area contributed by atoms with Gasteiger partial charge in [0.2, 0.25) is 10.0 Å². The van der Waals surface area contributed by atoms with Gasteiger partial charge in [0.1, 0.15) is 5.75 Å². The standard InChI is InChI=1S/C21H26N2O4S/c1-16-6-3-4-13-23(16)28(25,26)20-8-5-7-18(14-20)21(24)22-15-17-9-11-19(27-2)12-10-17/h5,7-12,14,16H,3-4,6,13,15H2,1-2H3,(H,22,24). The lowest BCUT2D eigenvalue weighted by atomic mass is 10.1. The van der Waals surface area contributed by atoms with Crippen molar-refractivity contribution >= 4 is 15.9 Å². The van der Waals surface area contributed by atoms with Crippen LogP contribution in [0.2, 0.25) is 0 Å². The lowest BCUT2D eigenvalue weighted by Crippen LogP contribution is -2.42. The van der Waals surface area contributed by atoms with Gasteiger partial charge in [0.25, 0.3) is 5.91 Å². The monoisotopic (exact) mass is 402 g/mol. The van der Waals surface area contributed by atoms with E-state index in [1.54, 1.807) is 29.6 Å². The van der Waals surface area contributed by atoms with Crippen molar-refractivity contribution in [1.29, 1.82) is 0 Å². The van der Waals surface area contributed by atoms with Crippen LogP contribution in [0.15, 0.2) is 53.4 Å². The van der Waals surface area contributed by atoms with E-state index >= 15 is 0 Å². The zero-order chi connectivity index (χ0) is 20.1. The number of benzene rings is 2. The summed E-state index contributed by atoms with van der Waals surface area (Å²) in [4.78, 5) is 12.7. The van der Waals surface area contributed by atoms with Crippen molar-refractivity contribution in [2.45, 2.75) is 43.7 Å². The molecule has 0 radical (unpaired) electrons. The molecule has 6 nitrogen and oxygen atoms in total. The Morgan fingerprint density at radius 1 is 1.18 bits per heavy atom. The van der Waals surface area contributed by atoms with Crippen molar-refractivity contribution < 1.29 is 17.9 Å². The summed E-state index contributed by atoms with van der Waals surface area (Å²) in [7, 11) is -2.00. The van der Waals surface area contributed by atoms with Gasteiger partial charge in [-0.2, -0.15) is 4.31 Å². The maximum Gasteiger partial charge on any atom is 0.251 e. The highest BCUT2D eigenvalue weighted by atomic mass is 32.2. The molecule has 0 aliphatic carbocycles. The van der Waals surface area contributed by atoms with E-state index in [0.29, 0.717) is 18.7 Å². The molecule has 0 aromatic heterocycles. The van der Waals surface area contributed by atoms with E-state index in [2.05, 4.69) is 5.32 Å². The van der Waals surface area contributed by atoms with Gasteiger partial charge in [-0.05, 0) is 55.7 Å². The lowest BCUT2D eigenvalue weighted by molar-refractivity contribution is 0.0950. The van der Waals surface area contributed by atoms with Crippen molar-refractivity contribution in [3.8, 4) is 5.75 Å². The molecule has 3 rings (SSSR count). The molecule has 1 N–H and O–H groups in total. The Bertz CT molecular complexity index is 926. The fourth-order valence-corrected chi connectivity index (χ4v) is 5.14. The van der Waals surface area contributed by atoms with Gasteiger partial charge >= 0.3 is 0 Å². The third kappa shape index (κ3) is 4.54. The number of carbonyl (C=O) groups excluding carboxylic acids is 1. The lowest BCUT2D eigenvalue weighted by Gasteiger charge is -2.32. The van der Waals surface area contributed by atoms with Gasteiger partial charge in [-0.25, -0.2) is 8.42 Å². The van der Waals surface area contributed by atoms with E-state index in [1.165, 1.54) is 6.07 Å². The molecule has 1 atom stereocenters. The van der Waals surface area contributed by atoms with Crippen molar-refractivity contribution in [3.63, 3.8) is 0 Å². The first-order chi connectivity index (χ1) is 13.4. The molecule has 0 bridgehead atoms. The molecule has 2 aromatic rings. The third-order valence-electron chi connectivity index (χ3n) is 5.06. The van der Waals surface area contributed by atoms with Gasteiger partial charge in [0.05, 0.1) is 12.0 Å². The highest BCUT2D eigenvalue weighted by Crippen LogP contribution is 2.25. The van der Waals surface area contributed by atoms with Gasteiger partial charge in [-0.3, -0.25) is 4.79 Å². The van der Waals surface area contributed by atoms with Gasteiger partial charge in [-0.1, -0.05) is 24.6 Å². The SMILES string of the molecule is COc1ccc(CNC(=O)c2cccc(S(=O)(=O)N3CCCCC3C)c2)cc1. The van der Waals surface area contributed by atoms with Crippen molar-refractivity contribution in [2.75, 3.05) is 13.7 Å². The predicted octanol–water partition coefficient (Wildman–Crippen LogP) is 3.19. The van der Waals surface area contributed by atoms with Crippen molar-refractivity contribution in [2.24, 2.45) is 0 Å².